The number of hydrogen-bond donors (Lipinski definition) is 0. The van der Waals surface area contributed by atoms with Gasteiger partial charge in [-0.25, -0.2) is 4.79 Å². The van der Waals surface area contributed by atoms with Crippen molar-refractivity contribution < 1.29 is 23.4 Å². The smallest absolute Gasteiger partial charge is 0.338 e. The Balaban J connectivity index is 1.47. The van der Waals surface area contributed by atoms with E-state index in [4.69, 9.17) is 18.6 Å². The lowest BCUT2D eigenvalue weighted by Crippen LogP contribution is -2.06. The number of hydrogen-bond acceptors (Lipinski definition) is 6. The predicted octanol–water partition coefficient (Wildman–Crippen LogP) is 5.73. The SMILES string of the molecule is CCCOC(=O)c1ccc(Oc2coc3cc(OCc4ccccc4)ccc3c2=O)cc1. The summed E-state index contributed by atoms with van der Waals surface area (Å²) in [6, 6.07) is 21.2. The first-order valence-electron chi connectivity index (χ1n) is 10.3. The van der Waals surface area contributed by atoms with Gasteiger partial charge in [-0.3, -0.25) is 4.79 Å². The van der Waals surface area contributed by atoms with E-state index in [9.17, 15) is 9.59 Å². The van der Waals surface area contributed by atoms with Gasteiger partial charge in [-0.2, -0.15) is 0 Å². The first kappa shape index (κ1) is 21.2. The summed E-state index contributed by atoms with van der Waals surface area (Å²) < 4.78 is 22.2. The fraction of sp³-hybridized carbons (Fsp3) is 0.154. The molecule has 0 saturated carbocycles. The highest BCUT2D eigenvalue weighted by Gasteiger charge is 2.12. The maximum atomic E-state index is 12.8. The molecule has 0 saturated heterocycles. The van der Waals surface area contributed by atoms with Crippen molar-refractivity contribution in [1.29, 1.82) is 0 Å². The van der Waals surface area contributed by atoms with Crippen molar-refractivity contribution in [3.8, 4) is 17.2 Å². The Morgan fingerprint density at radius 2 is 1.69 bits per heavy atom. The Morgan fingerprint density at radius 3 is 2.44 bits per heavy atom. The third-order valence-corrected chi connectivity index (χ3v) is 4.72. The van der Waals surface area contributed by atoms with Crippen molar-refractivity contribution in [1.82, 2.24) is 0 Å². The molecule has 0 fully saturated rings. The molecule has 1 aromatic heterocycles. The molecule has 162 valence electrons. The molecule has 6 nitrogen and oxygen atoms in total. The van der Waals surface area contributed by atoms with Gasteiger partial charge in [0.25, 0.3) is 0 Å². The minimum Gasteiger partial charge on any atom is -0.489 e. The maximum absolute atomic E-state index is 12.8. The molecule has 3 aromatic carbocycles. The van der Waals surface area contributed by atoms with Gasteiger partial charge in [0.2, 0.25) is 11.2 Å². The molecule has 0 aliphatic rings. The van der Waals surface area contributed by atoms with Crippen LogP contribution in [0.3, 0.4) is 0 Å². The number of carbonyl (C=O) groups is 1. The van der Waals surface area contributed by atoms with Crippen LogP contribution in [0.1, 0.15) is 29.3 Å². The van der Waals surface area contributed by atoms with Gasteiger partial charge in [-0.05, 0) is 48.4 Å². The lowest BCUT2D eigenvalue weighted by Gasteiger charge is -2.09. The minimum absolute atomic E-state index is 0.0526. The van der Waals surface area contributed by atoms with Crippen molar-refractivity contribution in [3.63, 3.8) is 0 Å². The zero-order valence-electron chi connectivity index (χ0n) is 17.6. The van der Waals surface area contributed by atoms with E-state index in [2.05, 4.69) is 0 Å². The van der Waals surface area contributed by atoms with E-state index in [1.807, 2.05) is 37.3 Å². The summed E-state index contributed by atoms with van der Waals surface area (Å²) in [6.45, 7) is 2.71. The molecule has 0 atom stereocenters. The number of benzene rings is 3. The van der Waals surface area contributed by atoms with Crippen molar-refractivity contribution in [2.45, 2.75) is 20.0 Å². The Morgan fingerprint density at radius 1 is 0.938 bits per heavy atom. The second-order valence-electron chi connectivity index (χ2n) is 7.12. The Hall–Kier alpha value is -4.06. The summed E-state index contributed by atoms with van der Waals surface area (Å²) in [5.41, 5.74) is 1.57. The highest BCUT2D eigenvalue weighted by molar-refractivity contribution is 5.89. The highest BCUT2D eigenvalue weighted by Crippen LogP contribution is 2.25. The highest BCUT2D eigenvalue weighted by atomic mass is 16.5. The Kier molecular flexibility index (Phi) is 6.51. The molecule has 4 aromatic rings. The van der Waals surface area contributed by atoms with Crippen LogP contribution in [0.15, 0.2) is 88.3 Å². The fourth-order valence-electron chi connectivity index (χ4n) is 3.06. The molecule has 1 heterocycles. The molecule has 4 rings (SSSR count). The molecule has 32 heavy (non-hydrogen) atoms. The van der Waals surface area contributed by atoms with Crippen molar-refractivity contribution in [2.75, 3.05) is 6.61 Å². The zero-order chi connectivity index (χ0) is 22.3. The summed E-state index contributed by atoms with van der Waals surface area (Å²) in [4.78, 5) is 24.7. The number of fused-ring (bicyclic) bond motifs is 1. The Bertz CT molecular complexity index is 1260. The largest absolute Gasteiger partial charge is 0.489 e. The molecule has 0 amide bonds. The second-order valence-corrected chi connectivity index (χ2v) is 7.12. The van der Waals surface area contributed by atoms with Gasteiger partial charge in [-0.1, -0.05) is 37.3 Å². The van der Waals surface area contributed by atoms with E-state index in [1.165, 1.54) is 6.26 Å². The lowest BCUT2D eigenvalue weighted by molar-refractivity contribution is 0.0505. The van der Waals surface area contributed by atoms with Crippen molar-refractivity contribution in [2.24, 2.45) is 0 Å². The minimum atomic E-state index is -0.395. The van der Waals surface area contributed by atoms with Crippen LogP contribution in [0.2, 0.25) is 0 Å². The molecular formula is C26H22O6. The quantitative estimate of drug-likeness (QED) is 0.332. The van der Waals surface area contributed by atoms with Crippen LogP contribution in [0.5, 0.6) is 17.2 Å². The molecule has 0 unspecified atom stereocenters. The summed E-state index contributed by atoms with van der Waals surface area (Å²) in [6.07, 6.45) is 2.03. The second kappa shape index (κ2) is 9.83. The van der Waals surface area contributed by atoms with Gasteiger partial charge in [0.05, 0.1) is 17.6 Å². The van der Waals surface area contributed by atoms with E-state index in [0.29, 0.717) is 41.2 Å². The molecule has 0 N–H and O–H groups in total. The topological polar surface area (TPSA) is 75.0 Å². The van der Waals surface area contributed by atoms with Crippen molar-refractivity contribution in [3.05, 3.63) is 100 Å². The van der Waals surface area contributed by atoms with Gasteiger partial charge in [-0.15, -0.1) is 0 Å². The normalized spacial score (nSPS) is 10.7. The van der Waals surface area contributed by atoms with Crippen LogP contribution in [0.25, 0.3) is 11.0 Å². The summed E-state index contributed by atoms with van der Waals surface area (Å²) >= 11 is 0. The lowest BCUT2D eigenvalue weighted by atomic mass is 10.2. The summed E-state index contributed by atoms with van der Waals surface area (Å²) in [7, 11) is 0. The van der Waals surface area contributed by atoms with E-state index in [1.54, 1.807) is 42.5 Å². The molecule has 0 aliphatic carbocycles. The van der Waals surface area contributed by atoms with E-state index < -0.39 is 5.97 Å². The molecular weight excluding hydrogens is 408 g/mol. The average molecular weight is 430 g/mol. The standard InChI is InChI=1S/C26H22O6/c1-2-14-29-26(28)19-8-10-20(11-9-19)32-24-17-31-23-15-21(12-13-22(23)25(24)27)30-16-18-6-4-3-5-7-18/h3-13,15,17H,2,14,16H2,1H3. The predicted molar refractivity (Wildman–Crippen MR) is 120 cm³/mol. The molecule has 0 aliphatic heterocycles. The molecule has 0 spiro atoms. The number of carbonyl (C=O) groups excluding carboxylic acids is 1. The van der Waals surface area contributed by atoms with E-state index in [-0.39, 0.29) is 11.2 Å². The average Bonchev–Trinajstić information content (AvgIpc) is 2.84. The number of ether oxygens (including phenoxy) is 3. The molecule has 6 heteroatoms. The van der Waals surface area contributed by atoms with Crippen LogP contribution < -0.4 is 14.9 Å². The van der Waals surface area contributed by atoms with Gasteiger partial charge < -0.3 is 18.6 Å². The number of rotatable bonds is 8. The third-order valence-electron chi connectivity index (χ3n) is 4.72. The maximum Gasteiger partial charge on any atom is 0.338 e. The number of esters is 1. The summed E-state index contributed by atoms with van der Waals surface area (Å²) in [5.74, 6) is 0.667. The fourth-order valence-corrected chi connectivity index (χ4v) is 3.06. The third kappa shape index (κ3) is 4.98. The van der Waals surface area contributed by atoms with Crippen molar-refractivity contribution >= 4 is 16.9 Å². The van der Waals surface area contributed by atoms with E-state index >= 15 is 0 Å². The van der Waals surface area contributed by atoms with Crippen LogP contribution in [0.4, 0.5) is 0 Å². The summed E-state index contributed by atoms with van der Waals surface area (Å²) in [5, 5.41) is 0.384. The molecule has 0 bridgehead atoms. The first-order chi connectivity index (χ1) is 15.6. The zero-order valence-corrected chi connectivity index (χ0v) is 17.6. The monoisotopic (exact) mass is 430 g/mol. The van der Waals surface area contributed by atoms with Gasteiger partial charge in [0.1, 0.15) is 30.0 Å². The van der Waals surface area contributed by atoms with Crippen LogP contribution in [0, 0.1) is 0 Å². The first-order valence-corrected chi connectivity index (χ1v) is 10.3. The van der Waals surface area contributed by atoms with Gasteiger partial charge in [0, 0.05) is 6.07 Å². The van der Waals surface area contributed by atoms with Gasteiger partial charge >= 0.3 is 5.97 Å². The molecule has 0 radical (unpaired) electrons. The Labute approximate surface area is 185 Å². The van der Waals surface area contributed by atoms with Crippen LogP contribution in [-0.2, 0) is 11.3 Å². The van der Waals surface area contributed by atoms with Crippen LogP contribution in [-0.4, -0.2) is 12.6 Å². The van der Waals surface area contributed by atoms with Gasteiger partial charge in [0.15, 0.2) is 0 Å². The van der Waals surface area contributed by atoms with E-state index in [0.717, 1.165) is 12.0 Å². The van der Waals surface area contributed by atoms with Crippen LogP contribution >= 0.6 is 0 Å².